The topological polar surface area (TPSA) is 93.7 Å². The minimum absolute atomic E-state index is 0.384. The fourth-order valence-electron chi connectivity index (χ4n) is 2.82. The molecular formula is C21H13N5O2. The number of ether oxygens (including phenoxy) is 1. The molecule has 0 saturated carbocycles. The number of nitriles is 1. The number of tetrazole rings is 1. The summed E-state index contributed by atoms with van der Waals surface area (Å²) in [6.45, 7) is 0. The summed E-state index contributed by atoms with van der Waals surface area (Å²) in [6, 6.07) is 23.2. The maximum Gasteiger partial charge on any atom is 0.344 e. The van der Waals surface area contributed by atoms with E-state index in [1.165, 1.54) is 11.0 Å². The number of carbonyl (C=O) groups is 1. The van der Waals surface area contributed by atoms with Gasteiger partial charge in [0.2, 0.25) is 0 Å². The van der Waals surface area contributed by atoms with E-state index in [2.05, 4.69) is 21.6 Å². The molecule has 4 rings (SSSR count). The Balaban J connectivity index is 1.62. The summed E-state index contributed by atoms with van der Waals surface area (Å²) >= 11 is 0. The Labute approximate surface area is 160 Å². The van der Waals surface area contributed by atoms with Gasteiger partial charge in [-0.15, -0.1) is 5.10 Å². The van der Waals surface area contributed by atoms with Crippen LogP contribution in [0.5, 0.6) is 5.75 Å². The van der Waals surface area contributed by atoms with Gasteiger partial charge in [-0.05, 0) is 52.4 Å². The second kappa shape index (κ2) is 7.51. The zero-order valence-corrected chi connectivity index (χ0v) is 14.6. The van der Waals surface area contributed by atoms with Crippen molar-refractivity contribution in [1.29, 1.82) is 5.26 Å². The summed E-state index contributed by atoms with van der Waals surface area (Å²) in [7, 11) is 0. The third-order valence-electron chi connectivity index (χ3n) is 4.15. The molecule has 0 N–H and O–H groups in total. The van der Waals surface area contributed by atoms with Crippen LogP contribution in [0.3, 0.4) is 0 Å². The van der Waals surface area contributed by atoms with E-state index < -0.39 is 5.97 Å². The largest absolute Gasteiger partial charge is 0.423 e. The number of carbonyl (C=O) groups excluding carboxylic acids is 1. The van der Waals surface area contributed by atoms with E-state index in [0.29, 0.717) is 28.0 Å². The summed E-state index contributed by atoms with van der Waals surface area (Å²) in [6.07, 6.45) is 1.48. The molecule has 0 saturated heterocycles. The molecule has 1 heterocycles. The summed E-state index contributed by atoms with van der Waals surface area (Å²) < 4.78 is 7.03. The second-order valence-electron chi connectivity index (χ2n) is 5.84. The van der Waals surface area contributed by atoms with Gasteiger partial charge in [-0.25, -0.2) is 9.48 Å². The molecule has 0 aliphatic heterocycles. The molecule has 0 fully saturated rings. The van der Waals surface area contributed by atoms with Crippen molar-refractivity contribution >= 4 is 5.97 Å². The number of hydrogen-bond acceptors (Lipinski definition) is 6. The Hall–Kier alpha value is -4.31. The first-order valence-electron chi connectivity index (χ1n) is 8.40. The van der Waals surface area contributed by atoms with Crippen LogP contribution in [0.1, 0.15) is 15.9 Å². The molecule has 1 aromatic heterocycles. The van der Waals surface area contributed by atoms with Gasteiger partial charge in [0.25, 0.3) is 0 Å². The van der Waals surface area contributed by atoms with E-state index in [9.17, 15) is 10.1 Å². The first-order chi connectivity index (χ1) is 13.8. The highest BCUT2D eigenvalue weighted by Crippen LogP contribution is 2.28. The average molecular weight is 367 g/mol. The van der Waals surface area contributed by atoms with Gasteiger partial charge in [-0.2, -0.15) is 5.26 Å². The van der Waals surface area contributed by atoms with E-state index in [0.717, 1.165) is 5.69 Å². The smallest absolute Gasteiger partial charge is 0.344 e. The number of esters is 1. The summed E-state index contributed by atoms with van der Waals surface area (Å²) in [4.78, 5) is 12.8. The lowest BCUT2D eigenvalue weighted by atomic mass is 9.96. The fourth-order valence-corrected chi connectivity index (χ4v) is 2.82. The molecule has 0 bridgehead atoms. The van der Waals surface area contributed by atoms with Crippen LogP contribution in [-0.4, -0.2) is 26.2 Å². The molecule has 0 aliphatic carbocycles. The highest BCUT2D eigenvalue weighted by atomic mass is 16.5. The second-order valence-corrected chi connectivity index (χ2v) is 5.84. The normalized spacial score (nSPS) is 10.2. The Morgan fingerprint density at radius 3 is 2.36 bits per heavy atom. The number of nitrogens with zero attached hydrogens (tertiary/aromatic N) is 5. The molecule has 0 radical (unpaired) electrons. The first kappa shape index (κ1) is 17.1. The van der Waals surface area contributed by atoms with Crippen LogP contribution >= 0.6 is 0 Å². The van der Waals surface area contributed by atoms with Crippen molar-refractivity contribution in [3.05, 3.63) is 90.3 Å². The molecule has 0 unspecified atom stereocenters. The molecular weight excluding hydrogens is 354 g/mol. The summed E-state index contributed by atoms with van der Waals surface area (Å²) in [5, 5.41) is 20.3. The summed E-state index contributed by atoms with van der Waals surface area (Å²) in [5.74, 6) is -0.108. The van der Waals surface area contributed by atoms with Gasteiger partial charge in [0, 0.05) is 5.56 Å². The zero-order chi connectivity index (χ0) is 19.3. The SMILES string of the molecule is N#Cc1ccccc1-c1ccccc1C(=O)Oc1ccc(-n2cnnn2)cc1. The molecule has 4 aromatic rings. The van der Waals surface area contributed by atoms with E-state index in [-0.39, 0.29) is 0 Å². The van der Waals surface area contributed by atoms with Gasteiger partial charge in [0.15, 0.2) is 0 Å². The first-order valence-corrected chi connectivity index (χ1v) is 8.40. The van der Waals surface area contributed by atoms with Gasteiger partial charge < -0.3 is 4.74 Å². The number of benzene rings is 3. The van der Waals surface area contributed by atoms with E-state index in [1.807, 2.05) is 18.2 Å². The van der Waals surface area contributed by atoms with E-state index in [1.54, 1.807) is 54.6 Å². The molecule has 7 nitrogen and oxygen atoms in total. The number of hydrogen-bond donors (Lipinski definition) is 0. The van der Waals surface area contributed by atoms with Crippen molar-refractivity contribution in [2.45, 2.75) is 0 Å². The number of aromatic nitrogens is 4. The Morgan fingerprint density at radius 1 is 0.929 bits per heavy atom. The van der Waals surface area contributed by atoms with Crippen molar-refractivity contribution in [3.63, 3.8) is 0 Å². The zero-order valence-electron chi connectivity index (χ0n) is 14.6. The molecule has 134 valence electrons. The highest BCUT2D eigenvalue weighted by Gasteiger charge is 2.16. The predicted octanol–water partition coefficient (Wildman–Crippen LogP) is 3.42. The molecule has 0 spiro atoms. The van der Waals surface area contributed by atoms with Gasteiger partial charge in [0.1, 0.15) is 12.1 Å². The number of rotatable bonds is 4. The van der Waals surface area contributed by atoms with Gasteiger partial charge in [-0.3, -0.25) is 0 Å². The van der Waals surface area contributed by atoms with Gasteiger partial charge >= 0.3 is 5.97 Å². The minimum Gasteiger partial charge on any atom is -0.423 e. The average Bonchev–Trinajstić information content (AvgIpc) is 3.29. The predicted molar refractivity (Wildman–Crippen MR) is 101 cm³/mol. The lowest BCUT2D eigenvalue weighted by Crippen LogP contribution is -2.10. The van der Waals surface area contributed by atoms with Crippen LogP contribution in [0.15, 0.2) is 79.1 Å². The van der Waals surface area contributed by atoms with Crippen LogP contribution in [0.25, 0.3) is 16.8 Å². The third kappa shape index (κ3) is 3.34. The van der Waals surface area contributed by atoms with Crippen LogP contribution < -0.4 is 4.74 Å². The quantitative estimate of drug-likeness (QED) is 0.405. The molecule has 0 amide bonds. The fraction of sp³-hybridized carbons (Fsp3) is 0. The molecule has 0 atom stereocenters. The molecule has 3 aromatic carbocycles. The van der Waals surface area contributed by atoms with Crippen LogP contribution in [-0.2, 0) is 0 Å². The van der Waals surface area contributed by atoms with Crippen molar-refractivity contribution in [1.82, 2.24) is 20.2 Å². The standard InChI is InChI=1S/C21H13N5O2/c22-13-15-5-1-2-6-18(15)19-7-3-4-8-20(19)21(27)28-17-11-9-16(10-12-17)26-14-23-24-25-26/h1-12,14H. The Morgan fingerprint density at radius 2 is 1.64 bits per heavy atom. The molecule has 7 heteroatoms. The molecule has 0 aliphatic rings. The Kier molecular flexibility index (Phi) is 4.59. The van der Waals surface area contributed by atoms with Crippen molar-refractivity contribution in [2.24, 2.45) is 0 Å². The lowest BCUT2D eigenvalue weighted by molar-refractivity contribution is 0.0735. The maximum atomic E-state index is 12.8. The van der Waals surface area contributed by atoms with Crippen LogP contribution in [0.2, 0.25) is 0 Å². The van der Waals surface area contributed by atoms with E-state index in [4.69, 9.17) is 4.74 Å². The van der Waals surface area contributed by atoms with Crippen LogP contribution in [0, 0.1) is 11.3 Å². The summed E-state index contributed by atoms with van der Waals surface area (Å²) in [5.41, 5.74) is 2.96. The van der Waals surface area contributed by atoms with Crippen molar-refractivity contribution in [3.8, 4) is 28.6 Å². The monoisotopic (exact) mass is 367 g/mol. The van der Waals surface area contributed by atoms with E-state index >= 15 is 0 Å². The third-order valence-corrected chi connectivity index (χ3v) is 4.15. The highest BCUT2D eigenvalue weighted by molar-refractivity contribution is 5.99. The van der Waals surface area contributed by atoms with Crippen molar-refractivity contribution in [2.75, 3.05) is 0 Å². The minimum atomic E-state index is -0.501. The maximum absolute atomic E-state index is 12.8. The van der Waals surface area contributed by atoms with Gasteiger partial charge in [0.05, 0.1) is 22.9 Å². The molecule has 28 heavy (non-hydrogen) atoms. The van der Waals surface area contributed by atoms with Crippen LogP contribution in [0.4, 0.5) is 0 Å². The van der Waals surface area contributed by atoms with Gasteiger partial charge in [-0.1, -0.05) is 36.4 Å². The Bertz CT molecular complexity index is 1160. The van der Waals surface area contributed by atoms with Crippen molar-refractivity contribution < 1.29 is 9.53 Å². The lowest BCUT2D eigenvalue weighted by Gasteiger charge is -2.11.